The maximum absolute atomic E-state index is 11.0. The van der Waals surface area contributed by atoms with Crippen molar-refractivity contribution in [2.24, 2.45) is 0 Å². The van der Waals surface area contributed by atoms with E-state index >= 15 is 0 Å². The van der Waals surface area contributed by atoms with E-state index in [1.54, 1.807) is 18.2 Å². The van der Waals surface area contributed by atoms with E-state index in [-0.39, 0.29) is 5.33 Å². The highest BCUT2D eigenvalue weighted by atomic mass is 79.9. The smallest absolute Gasteiger partial charge is 0.275 e. The number of allylic oxidation sites excluding steroid dienone is 3. The maximum atomic E-state index is 11.0. The Morgan fingerprint density at radius 3 is 2.42 bits per heavy atom. The fourth-order valence-corrected chi connectivity index (χ4v) is 2.98. The highest BCUT2D eigenvalue weighted by molar-refractivity contribution is 9.09. The molecule has 0 fully saturated rings. The van der Waals surface area contributed by atoms with Crippen molar-refractivity contribution in [3.05, 3.63) is 24.3 Å². The van der Waals surface area contributed by atoms with Crippen molar-refractivity contribution in [2.45, 2.75) is 11.2 Å². The predicted octanol–water partition coefficient (Wildman–Crippen LogP) is 1.52. The molecule has 1 aliphatic rings. The predicted molar refractivity (Wildman–Crippen MR) is 51.0 cm³/mol. The Morgan fingerprint density at radius 2 is 2.17 bits per heavy atom. The molecule has 0 aromatic rings. The molecule has 12 heavy (non-hydrogen) atoms. The van der Waals surface area contributed by atoms with Gasteiger partial charge in [-0.3, -0.25) is 4.55 Å². The Balaban J connectivity index is 3.09. The van der Waals surface area contributed by atoms with E-state index in [9.17, 15) is 8.42 Å². The summed E-state index contributed by atoms with van der Waals surface area (Å²) in [6.07, 6.45) is 6.91. The third kappa shape index (κ3) is 1.62. The van der Waals surface area contributed by atoms with Crippen LogP contribution in [0.15, 0.2) is 24.3 Å². The van der Waals surface area contributed by atoms with Gasteiger partial charge in [-0.05, 0) is 6.42 Å². The van der Waals surface area contributed by atoms with Crippen LogP contribution in [0.4, 0.5) is 0 Å². The van der Waals surface area contributed by atoms with Crippen molar-refractivity contribution in [2.75, 3.05) is 5.33 Å². The lowest BCUT2D eigenvalue weighted by atomic mass is 10.0. The maximum Gasteiger partial charge on any atom is 0.275 e. The van der Waals surface area contributed by atoms with Crippen LogP contribution < -0.4 is 0 Å². The molecule has 0 spiro atoms. The summed E-state index contributed by atoms with van der Waals surface area (Å²) in [5.41, 5.74) is 0. The van der Waals surface area contributed by atoms with Gasteiger partial charge in [-0.25, -0.2) is 0 Å². The summed E-state index contributed by atoms with van der Waals surface area (Å²) in [6, 6.07) is 0. The molecule has 0 aromatic carbocycles. The van der Waals surface area contributed by atoms with Crippen molar-refractivity contribution in [3.8, 4) is 0 Å². The molecule has 3 nitrogen and oxygen atoms in total. The van der Waals surface area contributed by atoms with Gasteiger partial charge in [0.05, 0.1) is 0 Å². The first-order valence-corrected chi connectivity index (χ1v) is 5.95. The Kier molecular flexibility index (Phi) is 2.75. The summed E-state index contributed by atoms with van der Waals surface area (Å²) < 4.78 is 29.7. The van der Waals surface area contributed by atoms with Gasteiger partial charge in [0.2, 0.25) is 0 Å². The van der Waals surface area contributed by atoms with Gasteiger partial charge in [0.1, 0.15) is 4.75 Å². The minimum atomic E-state index is -4.02. The average Bonchev–Trinajstić information content (AvgIpc) is 2.04. The van der Waals surface area contributed by atoms with Crippen molar-refractivity contribution < 1.29 is 13.0 Å². The van der Waals surface area contributed by atoms with Crippen LogP contribution in [-0.4, -0.2) is 23.0 Å². The number of rotatable bonds is 2. The molecule has 1 rings (SSSR count). The monoisotopic (exact) mass is 252 g/mol. The molecular weight excluding hydrogens is 244 g/mol. The molecule has 5 heteroatoms. The molecule has 0 bridgehead atoms. The molecule has 0 saturated heterocycles. The summed E-state index contributed by atoms with van der Waals surface area (Å²) in [5, 5.41) is 0.208. The highest BCUT2D eigenvalue weighted by Crippen LogP contribution is 2.28. The summed E-state index contributed by atoms with van der Waals surface area (Å²) in [5.74, 6) is 0. The molecule has 68 valence electrons. The van der Waals surface area contributed by atoms with Gasteiger partial charge < -0.3 is 0 Å². The molecule has 0 aromatic heterocycles. The van der Waals surface area contributed by atoms with Crippen LogP contribution in [0.1, 0.15) is 6.42 Å². The van der Waals surface area contributed by atoms with E-state index in [2.05, 4.69) is 15.9 Å². The normalized spacial score (nSPS) is 29.2. The Hall–Kier alpha value is -0.130. The molecule has 0 saturated carbocycles. The Bertz CT molecular complexity index is 318. The standard InChI is InChI=1S/C7H9BrO3S/c8-6-7(12(9,10)11)4-2-1-3-5-7/h1-4H,5-6H2,(H,9,10,11). The average molecular weight is 253 g/mol. The fraction of sp³-hybridized carbons (Fsp3) is 0.429. The molecule has 1 atom stereocenters. The Labute approximate surface area is 80.0 Å². The molecule has 0 amide bonds. The van der Waals surface area contributed by atoms with Gasteiger partial charge in [-0.1, -0.05) is 40.2 Å². The van der Waals surface area contributed by atoms with Gasteiger partial charge >= 0.3 is 0 Å². The summed E-state index contributed by atoms with van der Waals surface area (Å²) in [4.78, 5) is 0. The minimum Gasteiger partial charge on any atom is -0.285 e. The second-order valence-corrected chi connectivity index (χ2v) is 4.99. The van der Waals surface area contributed by atoms with E-state index in [0.29, 0.717) is 6.42 Å². The quantitative estimate of drug-likeness (QED) is 0.599. The van der Waals surface area contributed by atoms with Crippen LogP contribution in [-0.2, 0) is 10.1 Å². The molecule has 1 unspecified atom stereocenters. The largest absolute Gasteiger partial charge is 0.285 e. The molecule has 1 N–H and O–H groups in total. The molecule has 0 heterocycles. The number of hydrogen-bond donors (Lipinski definition) is 1. The van der Waals surface area contributed by atoms with E-state index in [1.807, 2.05) is 0 Å². The fourth-order valence-electron chi connectivity index (χ4n) is 1.00. The van der Waals surface area contributed by atoms with Crippen LogP contribution in [0, 0.1) is 0 Å². The highest BCUT2D eigenvalue weighted by Gasteiger charge is 2.39. The van der Waals surface area contributed by atoms with Gasteiger partial charge in [0, 0.05) is 5.33 Å². The lowest BCUT2D eigenvalue weighted by Crippen LogP contribution is -2.38. The van der Waals surface area contributed by atoms with Crippen molar-refractivity contribution in [1.29, 1.82) is 0 Å². The molecule has 0 radical (unpaired) electrons. The second kappa shape index (κ2) is 3.32. The molecule has 0 aliphatic heterocycles. The summed E-state index contributed by atoms with van der Waals surface area (Å²) in [6.45, 7) is 0. The topological polar surface area (TPSA) is 54.4 Å². The number of hydrogen-bond acceptors (Lipinski definition) is 2. The Morgan fingerprint density at radius 1 is 1.50 bits per heavy atom. The van der Waals surface area contributed by atoms with Gasteiger partial charge in [-0.2, -0.15) is 8.42 Å². The minimum absolute atomic E-state index is 0.208. The van der Waals surface area contributed by atoms with Crippen molar-refractivity contribution in [1.82, 2.24) is 0 Å². The zero-order chi connectivity index (χ0) is 9.24. The summed E-state index contributed by atoms with van der Waals surface area (Å²) in [7, 11) is -4.02. The third-order valence-electron chi connectivity index (χ3n) is 1.85. The zero-order valence-electron chi connectivity index (χ0n) is 6.27. The van der Waals surface area contributed by atoms with Gasteiger partial charge in [-0.15, -0.1) is 0 Å². The van der Waals surface area contributed by atoms with E-state index in [0.717, 1.165) is 0 Å². The van der Waals surface area contributed by atoms with Crippen LogP contribution >= 0.6 is 15.9 Å². The molecular formula is C7H9BrO3S. The van der Waals surface area contributed by atoms with E-state index in [4.69, 9.17) is 4.55 Å². The SMILES string of the molecule is O=S(=O)(O)C1(CBr)C=CC=CC1. The first kappa shape index (κ1) is 9.95. The van der Waals surface area contributed by atoms with Crippen LogP contribution in [0.5, 0.6) is 0 Å². The van der Waals surface area contributed by atoms with Crippen LogP contribution in [0.25, 0.3) is 0 Å². The summed E-state index contributed by atoms with van der Waals surface area (Å²) >= 11 is 3.08. The molecule has 1 aliphatic carbocycles. The number of alkyl halides is 1. The van der Waals surface area contributed by atoms with Crippen LogP contribution in [0.2, 0.25) is 0 Å². The van der Waals surface area contributed by atoms with Crippen molar-refractivity contribution in [3.63, 3.8) is 0 Å². The zero-order valence-corrected chi connectivity index (χ0v) is 8.68. The van der Waals surface area contributed by atoms with Gasteiger partial charge in [0.15, 0.2) is 0 Å². The first-order valence-electron chi connectivity index (χ1n) is 3.39. The van der Waals surface area contributed by atoms with E-state index in [1.165, 1.54) is 6.08 Å². The van der Waals surface area contributed by atoms with Gasteiger partial charge in [0.25, 0.3) is 10.1 Å². The lowest BCUT2D eigenvalue weighted by Gasteiger charge is -2.24. The third-order valence-corrected chi connectivity index (χ3v) is 4.70. The van der Waals surface area contributed by atoms with Crippen molar-refractivity contribution >= 4 is 26.0 Å². The number of halogens is 1. The lowest BCUT2D eigenvalue weighted by molar-refractivity contribution is 0.454. The first-order chi connectivity index (χ1) is 5.52. The second-order valence-electron chi connectivity index (χ2n) is 2.66. The van der Waals surface area contributed by atoms with Crippen LogP contribution in [0.3, 0.4) is 0 Å². The van der Waals surface area contributed by atoms with E-state index < -0.39 is 14.9 Å².